The van der Waals surface area contributed by atoms with E-state index in [1.54, 1.807) is 55.4 Å². The minimum absolute atomic E-state index is 0.0000309. The average molecular weight is 2010 g/mol. The normalized spacial score (nSPS) is 29.2. The molecule has 0 amide bonds. The van der Waals surface area contributed by atoms with Crippen LogP contribution in [-0.4, -0.2) is 308 Å². The van der Waals surface area contributed by atoms with Crippen molar-refractivity contribution in [2.24, 2.45) is 0 Å². The lowest BCUT2D eigenvalue weighted by Crippen LogP contribution is -2.86. The molecule has 0 bridgehead atoms. The van der Waals surface area contributed by atoms with E-state index in [2.05, 4.69) is 30.4 Å². The highest BCUT2D eigenvalue weighted by Gasteiger charge is 2.87. The van der Waals surface area contributed by atoms with Gasteiger partial charge in [-0.3, -0.25) is 20.4 Å². The molecule has 1 radical (unpaired) electrons. The van der Waals surface area contributed by atoms with Crippen molar-refractivity contribution in [3.8, 4) is 0 Å². The largest absolute Gasteiger partial charge is 0.668 e. The number of aliphatic hydroxyl groups excluding tert-OH is 2. The Morgan fingerprint density at radius 3 is 1.09 bits per heavy atom. The third kappa shape index (κ3) is 33.1. The first kappa shape index (κ1) is 105. The lowest BCUT2D eigenvalue weighted by Gasteiger charge is -2.55. The molecule has 9 atom stereocenters. The van der Waals surface area contributed by atoms with E-state index >= 15 is 0 Å². The molecular formula is C54H127N6O38S2Si17. The zero-order valence-corrected chi connectivity index (χ0v) is 90.8. The van der Waals surface area contributed by atoms with Gasteiger partial charge in [0.25, 0.3) is 0 Å². The molecule has 2 aromatic rings. The van der Waals surface area contributed by atoms with Crippen LogP contribution in [0.3, 0.4) is 0 Å². The molecule has 0 saturated carbocycles. The Morgan fingerprint density at radius 2 is 0.726 bits per heavy atom. The molecule has 9 N–H and O–H groups in total. The molecule has 9 unspecified atom stereocenters. The zero-order chi connectivity index (χ0) is 87.7. The summed E-state index contributed by atoms with van der Waals surface area (Å²) in [6.07, 6.45) is -3.60. The number of aromatic amines is 4. The third-order valence-electron chi connectivity index (χ3n) is 14.3. The maximum atomic E-state index is 11.6. The van der Waals surface area contributed by atoms with Crippen molar-refractivity contribution in [1.29, 1.82) is 0 Å². The van der Waals surface area contributed by atoms with E-state index in [4.69, 9.17) is 165 Å². The molecule has 44 nitrogen and oxygen atoms in total. The summed E-state index contributed by atoms with van der Waals surface area (Å²) in [5.74, 6) is 1.25. The standard InChI is InChI=1S/C31H74N3O19SSi10.C23H53N3O19SSi7/c1-25(2)38-60(39-26(3)4)43-55(42-56(10,11)12)44-62(49-60)47-59(36-9,23-19-22-37-24-29(35)20-21-30-32-31(54)34-33-30)48-64(52-62)51-61(40-27(5)6,41-28(7)8)50-63(53-64,45-57(13,14)15)46-58(16,17)18;1-17(2)33-50(34-18(3)4)37-47(10,28)38-52(43-50)39-48(31-9,15-11-14-32-16-21(27)12-13-22-24-23(46)26-25-22)40-53(45-52)42-49(29,30)41-51(44-53,35-19(5)6)36-20(7)8/h25-29,35H,19-24H2,1-18H3,(H2,32,33,34,54);17-21,27-30H,11-16H2,1-10H3,(H2,24,25,26,46). The molecule has 0 aliphatic carbocycles. The van der Waals surface area contributed by atoms with Crippen LogP contribution < -0.4 is 0 Å². The van der Waals surface area contributed by atoms with Crippen molar-refractivity contribution < 1.29 is 165 Å². The molecule has 4 spiro atoms. The van der Waals surface area contributed by atoms with E-state index < -0.39 is 212 Å². The lowest BCUT2D eigenvalue weighted by atomic mass is 10.2. The SMILES string of the molecule is CO[Si]1(CCCOCC(O)CCc2nc(=S)[nH][nH]2)O[Si]2(O[Si](C)(O)O[Si](OC(C)C)(OC(C)C)O2)O[Si]2(O[Si](O)(O)O[Si](OC(C)C)(OC(C)C)O2)O1.CO[Si]1(CCCOCC(O)CCc2nc(=S)[nH][nH]2)O[Si]2(O[Si](O[Si](C)(C)C)O[Si](OC(C)C)(OC(C)C)O2)O[Si]2(O1)O[Si](OC(C)C)(OC(C)C)O[Si](O[Si](C)(C)C)(O[Si](C)(C)C)O2. The number of aromatic nitrogens is 6. The summed E-state index contributed by atoms with van der Waals surface area (Å²) in [4.78, 5) is 42.2. The van der Waals surface area contributed by atoms with Crippen molar-refractivity contribution >= 4 is 176 Å². The molecule has 8 rings (SSSR count). The number of aliphatic hydroxyl groups is 2. The lowest BCUT2D eigenvalue weighted by molar-refractivity contribution is -0.127. The van der Waals surface area contributed by atoms with Crippen LogP contribution in [0, 0.1) is 9.54 Å². The topological polar surface area (TPSA) is 495 Å². The van der Waals surface area contributed by atoms with Crippen LogP contribution in [0.5, 0.6) is 0 Å². The number of nitrogens with one attached hydrogen (secondary N) is 4. The summed E-state index contributed by atoms with van der Waals surface area (Å²) in [6.45, 7) is 47.6. The molecular weight excluding hydrogens is 1880 g/mol. The van der Waals surface area contributed by atoms with Crippen LogP contribution in [-0.2, 0) is 153 Å². The summed E-state index contributed by atoms with van der Waals surface area (Å²) < 4.78 is 213. The Morgan fingerprint density at radius 1 is 0.393 bits per heavy atom. The molecule has 117 heavy (non-hydrogen) atoms. The summed E-state index contributed by atoms with van der Waals surface area (Å²) >= 11 is 10.0. The van der Waals surface area contributed by atoms with Gasteiger partial charge in [0.1, 0.15) is 11.6 Å². The molecule has 6 aliphatic rings. The number of aryl methyl sites for hydroxylation is 2. The van der Waals surface area contributed by atoms with Gasteiger partial charge in [-0.15, -0.1) is 0 Å². The smallest absolute Gasteiger partial charge is 0.414 e. The van der Waals surface area contributed by atoms with Gasteiger partial charge in [-0.1, -0.05) is 0 Å². The monoisotopic (exact) mass is 2010 g/mol. The Kier molecular flexibility index (Phi) is 37.8. The molecule has 6 saturated heterocycles. The molecule has 681 valence electrons. The zero-order valence-electron chi connectivity index (χ0n) is 72.2. The molecule has 6 fully saturated rings. The summed E-state index contributed by atoms with van der Waals surface area (Å²) in [7, 11) is -68.0. The number of rotatable bonds is 42. The van der Waals surface area contributed by atoms with Gasteiger partial charge in [0.15, 0.2) is 25.0 Å². The number of nitrogens with zero attached hydrogens (tertiary/aromatic N) is 2. The van der Waals surface area contributed by atoms with Gasteiger partial charge < -0.3 is 165 Å². The van der Waals surface area contributed by atoms with E-state index in [0.717, 1.165) is 0 Å². The third-order valence-corrected chi connectivity index (χ3v) is 71.4. The van der Waals surface area contributed by atoms with Crippen LogP contribution in [0.15, 0.2) is 0 Å². The summed E-state index contributed by atoms with van der Waals surface area (Å²) in [5, 5.41) is 32.4. The fraction of sp³-hybridized carbons (Fsp3) is 0.926. The number of hydrogen-bond donors (Lipinski definition) is 9. The maximum Gasteiger partial charge on any atom is 0.668 e. The first-order valence-corrected chi connectivity index (χ1v) is 73.5. The molecule has 63 heteroatoms. The van der Waals surface area contributed by atoms with Gasteiger partial charge >= 0.3 is 126 Å². The predicted molar refractivity (Wildman–Crippen MR) is 446 cm³/mol. The second-order valence-corrected chi connectivity index (χ2v) is 82.2. The highest BCUT2D eigenvalue weighted by atomic mass is 32.1. The van der Waals surface area contributed by atoms with Gasteiger partial charge in [0.2, 0.25) is 9.54 Å². The van der Waals surface area contributed by atoms with Gasteiger partial charge in [0, 0.05) is 108 Å². The molecule has 2 aromatic heterocycles. The maximum absolute atomic E-state index is 11.6. The van der Waals surface area contributed by atoms with Gasteiger partial charge in [0.05, 0.1) is 25.4 Å². The van der Waals surface area contributed by atoms with E-state index in [1.165, 1.54) is 20.8 Å². The second kappa shape index (κ2) is 42.2. The number of H-pyrrole nitrogens is 4. The van der Waals surface area contributed by atoms with E-state index in [1.807, 2.05) is 114 Å². The van der Waals surface area contributed by atoms with Crippen LogP contribution in [0.2, 0.25) is 77.6 Å². The minimum atomic E-state index is -5.27. The Labute approximate surface area is 715 Å². The van der Waals surface area contributed by atoms with Gasteiger partial charge in [-0.05, 0) is 220 Å². The Bertz CT molecular complexity index is 3410. The van der Waals surface area contributed by atoms with E-state index in [0.29, 0.717) is 53.3 Å². The highest BCUT2D eigenvalue weighted by molar-refractivity contribution is 7.71. The van der Waals surface area contributed by atoms with Crippen LogP contribution in [0.1, 0.15) is 148 Å². The summed E-state index contributed by atoms with van der Waals surface area (Å²) in [6, 6.07) is 0.0593. The van der Waals surface area contributed by atoms with E-state index in [-0.39, 0.29) is 44.9 Å². The van der Waals surface area contributed by atoms with Crippen molar-refractivity contribution in [2.75, 3.05) is 40.6 Å². The van der Waals surface area contributed by atoms with Gasteiger partial charge in [-0.25, -0.2) is 9.97 Å². The van der Waals surface area contributed by atoms with Crippen LogP contribution in [0.25, 0.3) is 0 Å². The van der Waals surface area contributed by atoms with Gasteiger partial charge in [-0.2, -0.15) is 0 Å². The fourth-order valence-corrected chi connectivity index (χ4v) is 77.9. The van der Waals surface area contributed by atoms with Crippen molar-refractivity contribution in [2.45, 2.75) is 288 Å². The van der Waals surface area contributed by atoms with Crippen LogP contribution >= 0.6 is 24.4 Å². The minimum Gasteiger partial charge on any atom is -0.414 e. The first-order chi connectivity index (χ1) is 53.7. The fourth-order valence-electron chi connectivity index (χ4n) is 11.1. The van der Waals surface area contributed by atoms with E-state index in [9.17, 15) is 24.6 Å². The first-order valence-electron chi connectivity index (χ1n) is 38.7. The average Bonchev–Trinajstić information content (AvgIpc) is 1.17. The quantitative estimate of drug-likeness (QED) is 0.0218. The summed E-state index contributed by atoms with van der Waals surface area (Å²) in [5.41, 5.74) is 0. The molecule has 8 heterocycles. The molecule has 6 aliphatic heterocycles. The van der Waals surface area contributed by atoms with Crippen LogP contribution in [0.4, 0.5) is 0 Å². The second-order valence-electron chi connectivity index (χ2n) is 32.8. The van der Waals surface area contributed by atoms with Crippen molar-refractivity contribution in [3.05, 3.63) is 21.2 Å². The molecule has 0 aromatic carbocycles. The Balaban J connectivity index is 0.000000329. The Hall–Kier alpha value is 0.887. The van der Waals surface area contributed by atoms with Crippen molar-refractivity contribution in [3.63, 3.8) is 0 Å². The number of hydrogen-bond acceptors (Lipinski definition) is 42. The predicted octanol–water partition coefficient (Wildman–Crippen LogP) is 5.73. The highest BCUT2D eigenvalue weighted by Crippen LogP contribution is 2.50. The number of ether oxygens (including phenoxy) is 2. The van der Waals surface area contributed by atoms with Crippen molar-refractivity contribution in [1.82, 2.24) is 30.4 Å².